The van der Waals surface area contributed by atoms with Crippen molar-refractivity contribution in [1.29, 1.82) is 0 Å². The second kappa shape index (κ2) is 6.49. The number of nitrogens with one attached hydrogen (secondary N) is 1. The molecule has 1 fully saturated rings. The Morgan fingerprint density at radius 1 is 1.27 bits per heavy atom. The van der Waals surface area contributed by atoms with Crippen molar-refractivity contribution in [2.75, 3.05) is 19.7 Å². The molecule has 1 saturated carbocycles. The van der Waals surface area contributed by atoms with Crippen molar-refractivity contribution >= 4 is 0 Å². The van der Waals surface area contributed by atoms with E-state index in [-0.39, 0.29) is 5.41 Å². The number of hydrogen-bond acceptors (Lipinski definition) is 2. The predicted octanol–water partition coefficient (Wildman–Crippen LogP) is 2.56. The highest BCUT2D eigenvalue weighted by Crippen LogP contribution is 2.33. The van der Waals surface area contributed by atoms with Crippen molar-refractivity contribution < 1.29 is 5.11 Å². The summed E-state index contributed by atoms with van der Waals surface area (Å²) in [6.45, 7) is 6.76. The molecule has 0 aromatic heterocycles. The zero-order valence-corrected chi connectivity index (χ0v) is 10.4. The van der Waals surface area contributed by atoms with E-state index < -0.39 is 0 Å². The fraction of sp³-hybridized carbons (Fsp3) is 1.00. The zero-order chi connectivity index (χ0) is 11.1. The molecule has 0 heterocycles. The van der Waals surface area contributed by atoms with E-state index in [1.165, 1.54) is 25.7 Å². The lowest BCUT2D eigenvalue weighted by Gasteiger charge is -2.29. The van der Waals surface area contributed by atoms with Crippen LogP contribution in [0.3, 0.4) is 0 Å². The molecule has 0 aliphatic heterocycles. The average Bonchev–Trinajstić information content (AvgIpc) is 3.08. The van der Waals surface area contributed by atoms with Gasteiger partial charge in [0.15, 0.2) is 0 Å². The van der Waals surface area contributed by atoms with E-state index in [0.29, 0.717) is 6.61 Å². The van der Waals surface area contributed by atoms with Gasteiger partial charge in [-0.2, -0.15) is 0 Å². The Hall–Kier alpha value is -0.0800. The lowest BCUT2D eigenvalue weighted by Crippen LogP contribution is -2.36. The monoisotopic (exact) mass is 213 g/mol. The lowest BCUT2D eigenvalue weighted by molar-refractivity contribution is 0.113. The third kappa shape index (κ3) is 4.52. The summed E-state index contributed by atoms with van der Waals surface area (Å²) >= 11 is 0. The van der Waals surface area contributed by atoms with Gasteiger partial charge in [-0.1, -0.05) is 26.7 Å². The van der Waals surface area contributed by atoms with Crippen LogP contribution < -0.4 is 5.32 Å². The highest BCUT2D eigenvalue weighted by molar-refractivity contribution is 4.78. The molecule has 0 radical (unpaired) electrons. The van der Waals surface area contributed by atoms with Crippen LogP contribution in [0.25, 0.3) is 0 Å². The summed E-state index contributed by atoms with van der Waals surface area (Å²) in [5.41, 5.74) is 0.125. The molecule has 90 valence electrons. The molecule has 2 nitrogen and oxygen atoms in total. The van der Waals surface area contributed by atoms with E-state index in [9.17, 15) is 5.11 Å². The first-order valence-electron chi connectivity index (χ1n) is 6.58. The highest BCUT2D eigenvalue weighted by Gasteiger charge is 2.24. The van der Waals surface area contributed by atoms with Crippen LogP contribution in [0.5, 0.6) is 0 Å². The van der Waals surface area contributed by atoms with Gasteiger partial charge in [-0.3, -0.25) is 0 Å². The maximum absolute atomic E-state index is 9.39. The minimum atomic E-state index is 0.125. The quantitative estimate of drug-likeness (QED) is 0.577. The molecule has 0 unspecified atom stereocenters. The highest BCUT2D eigenvalue weighted by atomic mass is 16.3. The number of aliphatic hydroxyl groups excluding tert-OH is 1. The van der Waals surface area contributed by atoms with Crippen molar-refractivity contribution in [2.45, 2.75) is 52.4 Å². The van der Waals surface area contributed by atoms with E-state index in [4.69, 9.17) is 0 Å². The molecule has 1 aliphatic rings. The SMILES string of the molecule is CCC(CC)(CO)CNCCCC1CC1. The maximum atomic E-state index is 9.39. The Labute approximate surface area is 94.5 Å². The third-order valence-corrected chi connectivity index (χ3v) is 4.00. The molecule has 0 amide bonds. The predicted molar refractivity (Wildman–Crippen MR) is 64.9 cm³/mol. The van der Waals surface area contributed by atoms with Gasteiger partial charge >= 0.3 is 0 Å². The van der Waals surface area contributed by atoms with Gasteiger partial charge in [0.05, 0.1) is 0 Å². The molecule has 15 heavy (non-hydrogen) atoms. The van der Waals surface area contributed by atoms with Crippen molar-refractivity contribution in [3.63, 3.8) is 0 Å². The molecular formula is C13H27NO. The van der Waals surface area contributed by atoms with Gasteiger partial charge in [-0.15, -0.1) is 0 Å². The van der Waals surface area contributed by atoms with E-state index >= 15 is 0 Å². The van der Waals surface area contributed by atoms with Crippen LogP contribution in [0.2, 0.25) is 0 Å². The van der Waals surface area contributed by atoms with E-state index in [0.717, 1.165) is 31.8 Å². The maximum Gasteiger partial charge on any atom is 0.0499 e. The Morgan fingerprint density at radius 2 is 1.93 bits per heavy atom. The second-order valence-electron chi connectivity index (χ2n) is 5.13. The Bertz CT molecular complexity index is 154. The van der Waals surface area contributed by atoms with Crippen LogP contribution in [-0.4, -0.2) is 24.8 Å². The second-order valence-corrected chi connectivity index (χ2v) is 5.13. The zero-order valence-electron chi connectivity index (χ0n) is 10.4. The molecule has 0 spiro atoms. The summed E-state index contributed by atoms with van der Waals surface area (Å²) in [6, 6.07) is 0. The molecule has 0 bridgehead atoms. The molecule has 1 rings (SSSR count). The van der Waals surface area contributed by atoms with Crippen molar-refractivity contribution in [2.24, 2.45) is 11.3 Å². The average molecular weight is 213 g/mol. The number of hydrogen-bond donors (Lipinski definition) is 2. The van der Waals surface area contributed by atoms with Gasteiger partial charge in [-0.05, 0) is 38.1 Å². The summed E-state index contributed by atoms with van der Waals surface area (Å²) in [7, 11) is 0. The first-order chi connectivity index (χ1) is 7.26. The largest absolute Gasteiger partial charge is 0.396 e. The molecule has 2 N–H and O–H groups in total. The molecule has 0 aromatic carbocycles. The smallest absolute Gasteiger partial charge is 0.0499 e. The lowest BCUT2D eigenvalue weighted by atomic mass is 9.83. The first-order valence-corrected chi connectivity index (χ1v) is 6.58. The third-order valence-electron chi connectivity index (χ3n) is 4.00. The van der Waals surface area contributed by atoms with Crippen molar-refractivity contribution in [1.82, 2.24) is 5.32 Å². The molecule has 1 aliphatic carbocycles. The van der Waals surface area contributed by atoms with Crippen LogP contribution in [0.15, 0.2) is 0 Å². The fourth-order valence-corrected chi connectivity index (χ4v) is 2.06. The summed E-state index contributed by atoms with van der Waals surface area (Å²) in [5, 5.41) is 12.9. The van der Waals surface area contributed by atoms with E-state index in [2.05, 4.69) is 19.2 Å². The van der Waals surface area contributed by atoms with Gasteiger partial charge in [0, 0.05) is 18.6 Å². The standard InChI is InChI=1S/C13H27NO/c1-3-13(4-2,11-15)10-14-9-5-6-12-7-8-12/h12,14-15H,3-11H2,1-2H3. The van der Waals surface area contributed by atoms with Gasteiger partial charge in [0.1, 0.15) is 0 Å². The van der Waals surface area contributed by atoms with Gasteiger partial charge in [-0.25, -0.2) is 0 Å². The normalized spacial score (nSPS) is 17.0. The topological polar surface area (TPSA) is 32.3 Å². The summed E-state index contributed by atoms with van der Waals surface area (Å²) < 4.78 is 0. The molecule has 2 heteroatoms. The Balaban J connectivity index is 2.04. The van der Waals surface area contributed by atoms with E-state index in [1.54, 1.807) is 0 Å². The van der Waals surface area contributed by atoms with Gasteiger partial charge in [0.2, 0.25) is 0 Å². The molecular weight excluding hydrogens is 186 g/mol. The molecule has 0 saturated heterocycles. The fourth-order valence-electron chi connectivity index (χ4n) is 2.06. The Morgan fingerprint density at radius 3 is 2.40 bits per heavy atom. The van der Waals surface area contributed by atoms with Gasteiger partial charge in [0.25, 0.3) is 0 Å². The number of rotatable bonds is 9. The van der Waals surface area contributed by atoms with Crippen molar-refractivity contribution in [3.05, 3.63) is 0 Å². The van der Waals surface area contributed by atoms with Crippen LogP contribution in [-0.2, 0) is 0 Å². The van der Waals surface area contributed by atoms with E-state index in [1.807, 2.05) is 0 Å². The molecule has 0 atom stereocenters. The first kappa shape index (κ1) is 13.0. The van der Waals surface area contributed by atoms with Crippen LogP contribution in [0.1, 0.15) is 52.4 Å². The van der Waals surface area contributed by atoms with Crippen LogP contribution in [0.4, 0.5) is 0 Å². The number of aliphatic hydroxyl groups is 1. The van der Waals surface area contributed by atoms with Crippen molar-refractivity contribution in [3.8, 4) is 0 Å². The van der Waals surface area contributed by atoms with Crippen LogP contribution in [0, 0.1) is 11.3 Å². The summed E-state index contributed by atoms with van der Waals surface area (Å²) in [4.78, 5) is 0. The molecule has 0 aromatic rings. The Kier molecular flexibility index (Phi) is 5.62. The summed E-state index contributed by atoms with van der Waals surface area (Å²) in [6.07, 6.45) is 7.76. The van der Waals surface area contributed by atoms with Gasteiger partial charge < -0.3 is 10.4 Å². The minimum Gasteiger partial charge on any atom is -0.396 e. The summed E-state index contributed by atoms with van der Waals surface area (Å²) in [5.74, 6) is 1.05. The van der Waals surface area contributed by atoms with Crippen LogP contribution >= 0.6 is 0 Å². The minimum absolute atomic E-state index is 0.125.